The first kappa shape index (κ1) is 27.7. The van der Waals surface area contributed by atoms with Gasteiger partial charge in [-0.05, 0) is 99.9 Å². The van der Waals surface area contributed by atoms with Gasteiger partial charge >= 0.3 is 0 Å². The molecule has 3 atom stereocenters. The average Bonchev–Trinajstić information content (AvgIpc) is 3.50. The minimum absolute atomic E-state index is 0.0436. The summed E-state index contributed by atoms with van der Waals surface area (Å²) < 4.78 is 12.3. The van der Waals surface area contributed by atoms with Crippen LogP contribution in [0.5, 0.6) is 11.5 Å². The Hall–Kier alpha value is -4.43. The number of anilines is 1. The number of fused-ring (bicyclic) bond motifs is 3. The summed E-state index contributed by atoms with van der Waals surface area (Å²) in [4.78, 5) is 15.2. The second-order valence-corrected chi connectivity index (χ2v) is 11.5. The number of hydrogen-bond donors (Lipinski definition) is 1. The summed E-state index contributed by atoms with van der Waals surface area (Å²) in [6.45, 7) is 2.40. The predicted molar refractivity (Wildman–Crippen MR) is 169 cm³/mol. The normalized spacial score (nSPS) is 18.8. The molecule has 7 nitrogen and oxygen atoms in total. The summed E-state index contributed by atoms with van der Waals surface area (Å²) in [6, 6.07) is 25.5. The van der Waals surface area contributed by atoms with Crippen molar-refractivity contribution < 1.29 is 14.4 Å². The van der Waals surface area contributed by atoms with Crippen LogP contribution in [0.2, 0.25) is 0 Å². The first-order chi connectivity index (χ1) is 20.4. The van der Waals surface area contributed by atoms with E-state index in [0.29, 0.717) is 23.3 Å². The average molecular weight is 625 g/mol. The van der Waals surface area contributed by atoms with Crippen molar-refractivity contribution in [3.8, 4) is 11.5 Å². The molecule has 4 aromatic carbocycles. The van der Waals surface area contributed by atoms with Crippen molar-refractivity contribution in [3.63, 3.8) is 0 Å². The van der Waals surface area contributed by atoms with E-state index in [2.05, 4.69) is 82.8 Å². The van der Waals surface area contributed by atoms with Gasteiger partial charge < -0.3 is 14.8 Å². The molecular weight excluding hydrogens is 594 g/mol. The second-order valence-electron chi connectivity index (χ2n) is 10.7. The van der Waals surface area contributed by atoms with Gasteiger partial charge in [0.15, 0.2) is 11.5 Å². The Balaban J connectivity index is 1.15. The maximum Gasteiger partial charge on any atom is 0.269 e. The Labute approximate surface area is 253 Å². The monoisotopic (exact) mass is 623 g/mol. The van der Waals surface area contributed by atoms with Gasteiger partial charge in [0.2, 0.25) is 0 Å². The Morgan fingerprint density at radius 3 is 2.60 bits per heavy atom. The van der Waals surface area contributed by atoms with E-state index in [1.54, 1.807) is 25.5 Å². The highest BCUT2D eigenvalue weighted by Crippen LogP contribution is 2.50. The van der Waals surface area contributed by atoms with Gasteiger partial charge in [0.05, 0.1) is 28.2 Å². The smallest absolute Gasteiger partial charge is 0.269 e. The Kier molecular flexibility index (Phi) is 7.80. The molecule has 1 aliphatic heterocycles. The highest BCUT2D eigenvalue weighted by molar-refractivity contribution is 9.10. The van der Waals surface area contributed by atoms with Gasteiger partial charge in [-0.3, -0.25) is 15.1 Å². The zero-order valence-electron chi connectivity index (χ0n) is 23.3. The largest absolute Gasteiger partial charge is 0.493 e. The third kappa shape index (κ3) is 5.67. The van der Waals surface area contributed by atoms with Gasteiger partial charge in [-0.1, -0.05) is 42.0 Å². The number of ether oxygens (including phenoxy) is 2. The summed E-state index contributed by atoms with van der Waals surface area (Å²) >= 11 is 3.59. The van der Waals surface area contributed by atoms with Crippen LogP contribution < -0.4 is 14.8 Å². The summed E-state index contributed by atoms with van der Waals surface area (Å²) in [5.41, 5.74) is 7.75. The van der Waals surface area contributed by atoms with Crippen LogP contribution in [0.25, 0.3) is 0 Å². The summed E-state index contributed by atoms with van der Waals surface area (Å²) in [5, 5.41) is 14.7. The van der Waals surface area contributed by atoms with E-state index >= 15 is 0 Å². The van der Waals surface area contributed by atoms with Crippen LogP contribution in [0, 0.1) is 23.0 Å². The molecule has 0 unspecified atom stereocenters. The van der Waals surface area contributed by atoms with E-state index in [1.165, 1.54) is 34.5 Å². The first-order valence-electron chi connectivity index (χ1n) is 13.8. The van der Waals surface area contributed by atoms with Gasteiger partial charge in [0.1, 0.15) is 6.61 Å². The van der Waals surface area contributed by atoms with E-state index < -0.39 is 4.92 Å². The maximum absolute atomic E-state index is 10.9. The lowest BCUT2D eigenvalue weighted by atomic mass is 9.76. The van der Waals surface area contributed by atoms with Crippen molar-refractivity contribution >= 4 is 39.2 Å². The zero-order valence-corrected chi connectivity index (χ0v) is 24.9. The fraction of sp³-hybridized carbons (Fsp3) is 0.206. The lowest BCUT2D eigenvalue weighted by molar-refractivity contribution is -0.384. The number of nitro benzene ring substituents is 1. The molecular formula is C34H30BrN3O4. The van der Waals surface area contributed by atoms with E-state index in [0.717, 1.165) is 27.7 Å². The van der Waals surface area contributed by atoms with Crippen LogP contribution in [0.1, 0.15) is 46.2 Å². The van der Waals surface area contributed by atoms with Crippen molar-refractivity contribution in [1.29, 1.82) is 0 Å². The van der Waals surface area contributed by atoms with Crippen molar-refractivity contribution in [2.45, 2.75) is 31.9 Å². The second kappa shape index (κ2) is 11.8. The number of hydrogen-bond acceptors (Lipinski definition) is 6. The van der Waals surface area contributed by atoms with E-state index in [-0.39, 0.29) is 18.3 Å². The predicted octanol–water partition coefficient (Wildman–Crippen LogP) is 8.83. The number of nitrogens with zero attached hydrogens (tertiary/aromatic N) is 2. The van der Waals surface area contributed by atoms with Crippen molar-refractivity contribution in [1.82, 2.24) is 0 Å². The lowest BCUT2D eigenvalue weighted by Gasteiger charge is -2.37. The number of aryl methyl sites for hydroxylation is 1. The molecule has 0 saturated heterocycles. The standard InChI is InChI=1S/C34H30BrN3O4/c1-21-6-15-31-29(16-21)27-4-3-5-28(27)33(37-31)24-9-11-25(12-10-24)36-19-23-17-30(35)34(32(18-23)41-2)42-20-22-7-13-26(14-8-22)38(39)40/h3-4,6-19,27-28,33,37H,5,20H2,1-2H3/t27-,28-,33+/m1/s1. The Morgan fingerprint density at radius 2 is 1.86 bits per heavy atom. The molecule has 1 heterocycles. The van der Waals surface area contributed by atoms with Gasteiger partial charge in [-0.15, -0.1) is 0 Å². The number of halogens is 1. The number of methoxy groups -OCH3 is 1. The number of rotatable bonds is 8. The molecule has 0 bridgehead atoms. The maximum atomic E-state index is 10.9. The molecule has 0 aromatic heterocycles. The first-order valence-corrected chi connectivity index (χ1v) is 14.6. The number of nitrogens with one attached hydrogen (secondary N) is 1. The summed E-state index contributed by atoms with van der Waals surface area (Å²) in [6.07, 6.45) is 7.56. The number of aliphatic imine (C=N–C) groups is 1. The topological polar surface area (TPSA) is 86.0 Å². The molecule has 0 fully saturated rings. The molecule has 1 N–H and O–H groups in total. The molecule has 2 aliphatic rings. The summed E-state index contributed by atoms with van der Waals surface area (Å²) in [7, 11) is 1.59. The lowest BCUT2D eigenvalue weighted by Crippen LogP contribution is -2.29. The van der Waals surface area contributed by atoms with Crippen molar-refractivity contribution in [3.05, 3.63) is 133 Å². The highest BCUT2D eigenvalue weighted by atomic mass is 79.9. The number of non-ortho nitro benzene ring substituents is 1. The molecule has 1 aliphatic carbocycles. The van der Waals surface area contributed by atoms with Crippen LogP contribution in [-0.2, 0) is 6.61 Å². The van der Waals surface area contributed by atoms with Crippen molar-refractivity contribution in [2.75, 3.05) is 12.4 Å². The number of benzene rings is 4. The van der Waals surface area contributed by atoms with E-state index in [1.807, 2.05) is 12.1 Å². The summed E-state index contributed by atoms with van der Waals surface area (Å²) in [5.74, 6) is 2.05. The van der Waals surface area contributed by atoms with Crippen molar-refractivity contribution in [2.24, 2.45) is 10.9 Å². The van der Waals surface area contributed by atoms with E-state index in [9.17, 15) is 10.1 Å². The Morgan fingerprint density at radius 1 is 1.07 bits per heavy atom. The van der Waals surface area contributed by atoms with Gasteiger partial charge in [-0.25, -0.2) is 0 Å². The molecule has 0 amide bonds. The molecule has 0 spiro atoms. The van der Waals surface area contributed by atoms with Gasteiger partial charge in [-0.2, -0.15) is 0 Å². The number of nitro groups is 1. The number of allylic oxidation sites excluding steroid dienone is 2. The fourth-order valence-corrected chi connectivity index (χ4v) is 6.36. The van der Waals surface area contributed by atoms with Crippen LogP contribution in [0.15, 0.2) is 100 Å². The van der Waals surface area contributed by atoms with Crippen LogP contribution >= 0.6 is 15.9 Å². The minimum atomic E-state index is -0.422. The molecule has 0 saturated carbocycles. The third-order valence-corrected chi connectivity index (χ3v) is 8.50. The minimum Gasteiger partial charge on any atom is -0.493 e. The highest BCUT2D eigenvalue weighted by Gasteiger charge is 2.37. The van der Waals surface area contributed by atoms with Crippen LogP contribution in [0.3, 0.4) is 0 Å². The fourth-order valence-electron chi connectivity index (χ4n) is 5.78. The SMILES string of the molecule is COc1cc(C=Nc2ccc([C@@H]3Nc4ccc(C)cc4[C@@H]4C=CC[C@H]43)cc2)cc(Br)c1OCc1ccc([N+](=O)[O-])cc1. The molecule has 6 rings (SSSR count). The molecule has 42 heavy (non-hydrogen) atoms. The Bertz CT molecular complexity index is 1680. The zero-order chi connectivity index (χ0) is 29.2. The van der Waals surface area contributed by atoms with Crippen LogP contribution in [-0.4, -0.2) is 18.2 Å². The van der Waals surface area contributed by atoms with Gasteiger partial charge in [0, 0.05) is 30.0 Å². The molecule has 0 radical (unpaired) electrons. The van der Waals surface area contributed by atoms with E-state index in [4.69, 9.17) is 14.5 Å². The van der Waals surface area contributed by atoms with Crippen LogP contribution in [0.4, 0.5) is 17.1 Å². The molecule has 8 heteroatoms. The quantitative estimate of drug-likeness (QED) is 0.0917. The molecule has 4 aromatic rings. The van der Waals surface area contributed by atoms with Gasteiger partial charge in [0.25, 0.3) is 5.69 Å². The molecule has 212 valence electrons. The third-order valence-electron chi connectivity index (χ3n) is 7.92.